The third kappa shape index (κ3) is 3.57. The monoisotopic (exact) mass is 321 g/mol. The van der Waals surface area contributed by atoms with E-state index in [-0.39, 0.29) is 16.3 Å². The third-order valence-corrected chi connectivity index (χ3v) is 3.51. The first-order valence-corrected chi connectivity index (χ1v) is 6.99. The molecule has 2 aromatic rings. The van der Waals surface area contributed by atoms with Crippen molar-refractivity contribution in [2.75, 3.05) is 11.9 Å². The zero-order valence-corrected chi connectivity index (χ0v) is 12.6. The van der Waals surface area contributed by atoms with E-state index in [4.69, 9.17) is 16.7 Å². The van der Waals surface area contributed by atoms with Crippen molar-refractivity contribution >= 4 is 23.2 Å². The maximum atomic E-state index is 12.2. The number of rotatable bonds is 4. The normalized spacial score (nSPS) is 12.0. The lowest BCUT2D eigenvalue weighted by molar-refractivity contribution is 0.0956. The summed E-state index contributed by atoms with van der Waals surface area (Å²) in [7, 11) is 0. The number of hydrogen-bond acceptors (Lipinski definition) is 4. The van der Waals surface area contributed by atoms with Crippen LogP contribution < -0.4 is 5.32 Å². The Morgan fingerprint density at radius 1 is 1.27 bits per heavy atom. The van der Waals surface area contributed by atoms with Crippen LogP contribution in [0.5, 0.6) is 5.75 Å². The van der Waals surface area contributed by atoms with Crippen LogP contribution in [0.2, 0.25) is 5.02 Å². The predicted octanol–water partition coefficient (Wildman–Crippen LogP) is 2.63. The average Bonchev–Trinajstić information content (AvgIpc) is 2.50. The second kappa shape index (κ2) is 6.79. The van der Waals surface area contributed by atoms with Gasteiger partial charge in [0.2, 0.25) is 0 Å². The molecule has 0 fully saturated rings. The van der Waals surface area contributed by atoms with Gasteiger partial charge in [-0.25, -0.2) is 0 Å². The number of nitrogens with one attached hydrogen (secondary N) is 1. The van der Waals surface area contributed by atoms with Crippen LogP contribution in [0.3, 0.4) is 0 Å². The van der Waals surface area contributed by atoms with E-state index in [1.165, 1.54) is 18.2 Å². The van der Waals surface area contributed by atoms with Crippen molar-refractivity contribution in [3.05, 3.63) is 58.1 Å². The van der Waals surface area contributed by atoms with Gasteiger partial charge in [0.25, 0.3) is 5.91 Å². The fourth-order valence-corrected chi connectivity index (χ4v) is 2.20. The number of amides is 1. The Bertz CT molecular complexity index is 703. The van der Waals surface area contributed by atoms with Gasteiger partial charge in [-0.15, -0.1) is 0 Å². The number of aromatic hydroxyl groups is 1. The summed E-state index contributed by atoms with van der Waals surface area (Å²) >= 11 is 6.06. The molecule has 116 valence electrons. The van der Waals surface area contributed by atoms with E-state index in [9.17, 15) is 15.0 Å². The van der Waals surface area contributed by atoms with E-state index >= 15 is 0 Å². The molecule has 4 N–H and O–H groups in total. The zero-order chi connectivity index (χ0) is 16.3. The summed E-state index contributed by atoms with van der Waals surface area (Å²) in [6.07, 6.45) is -1.02. The first-order chi connectivity index (χ1) is 10.4. The number of aliphatic hydroxyl groups excluding tert-OH is 2. The fourth-order valence-electron chi connectivity index (χ4n) is 1.97. The maximum Gasteiger partial charge on any atom is 0.259 e. The van der Waals surface area contributed by atoms with Crippen molar-refractivity contribution in [1.82, 2.24) is 0 Å². The van der Waals surface area contributed by atoms with Crippen LogP contribution >= 0.6 is 11.6 Å². The minimum absolute atomic E-state index is 0.119. The minimum atomic E-state index is -1.02. The van der Waals surface area contributed by atoms with E-state index < -0.39 is 18.6 Å². The Labute approximate surface area is 132 Å². The number of phenolic OH excluding ortho intramolecular Hbond substituents is 1. The minimum Gasteiger partial charge on any atom is -0.507 e. The summed E-state index contributed by atoms with van der Waals surface area (Å²) in [4.78, 5) is 12.2. The summed E-state index contributed by atoms with van der Waals surface area (Å²) < 4.78 is 0. The molecule has 1 amide bonds. The third-order valence-electron chi connectivity index (χ3n) is 3.20. The summed E-state index contributed by atoms with van der Waals surface area (Å²) in [5, 5.41) is 31.0. The number of aryl methyl sites for hydroxylation is 1. The largest absolute Gasteiger partial charge is 0.507 e. The quantitative estimate of drug-likeness (QED) is 0.697. The number of aliphatic hydroxyl groups is 2. The van der Waals surface area contributed by atoms with E-state index in [0.29, 0.717) is 11.3 Å². The lowest BCUT2D eigenvalue weighted by Gasteiger charge is -2.12. The van der Waals surface area contributed by atoms with Crippen LogP contribution in [0.25, 0.3) is 0 Å². The van der Waals surface area contributed by atoms with Gasteiger partial charge in [-0.1, -0.05) is 29.3 Å². The van der Waals surface area contributed by atoms with Crippen LogP contribution in [0.4, 0.5) is 5.69 Å². The fraction of sp³-hybridized carbons (Fsp3) is 0.188. The smallest absolute Gasteiger partial charge is 0.259 e. The molecule has 0 aliphatic heterocycles. The molecule has 22 heavy (non-hydrogen) atoms. The van der Waals surface area contributed by atoms with E-state index in [2.05, 4.69) is 5.32 Å². The Hall–Kier alpha value is -2.08. The molecular weight excluding hydrogens is 306 g/mol. The van der Waals surface area contributed by atoms with Crippen molar-refractivity contribution in [2.24, 2.45) is 0 Å². The first-order valence-electron chi connectivity index (χ1n) is 6.61. The Morgan fingerprint density at radius 2 is 2.00 bits per heavy atom. The number of hydrogen-bond donors (Lipinski definition) is 4. The van der Waals surface area contributed by atoms with Crippen molar-refractivity contribution in [2.45, 2.75) is 13.0 Å². The predicted molar refractivity (Wildman–Crippen MR) is 84.3 cm³/mol. The number of carbonyl (C=O) groups excluding carboxylic acids is 1. The van der Waals surface area contributed by atoms with Gasteiger partial charge >= 0.3 is 0 Å². The molecule has 0 aliphatic rings. The van der Waals surface area contributed by atoms with Gasteiger partial charge < -0.3 is 20.6 Å². The molecule has 6 heteroatoms. The highest BCUT2D eigenvalue weighted by atomic mass is 35.5. The summed E-state index contributed by atoms with van der Waals surface area (Å²) in [5.74, 6) is -0.606. The number of anilines is 1. The summed E-state index contributed by atoms with van der Waals surface area (Å²) in [6.45, 7) is 1.40. The van der Waals surface area contributed by atoms with E-state index in [1.807, 2.05) is 6.92 Å². The van der Waals surface area contributed by atoms with E-state index in [0.717, 1.165) is 5.56 Å². The molecule has 1 unspecified atom stereocenters. The molecule has 0 bridgehead atoms. The van der Waals surface area contributed by atoms with Gasteiger partial charge in [0.1, 0.15) is 11.9 Å². The van der Waals surface area contributed by atoms with Gasteiger partial charge in [-0.2, -0.15) is 0 Å². The van der Waals surface area contributed by atoms with Crippen LogP contribution in [0.15, 0.2) is 36.4 Å². The van der Waals surface area contributed by atoms with E-state index in [1.54, 1.807) is 18.2 Å². The SMILES string of the molecule is Cc1ccc(O)c(C(=O)Nc2ccc(C(O)CO)cc2Cl)c1. The molecule has 0 spiro atoms. The molecule has 2 rings (SSSR count). The second-order valence-electron chi connectivity index (χ2n) is 4.91. The Morgan fingerprint density at radius 3 is 2.64 bits per heavy atom. The molecular formula is C16H16ClNO4. The topological polar surface area (TPSA) is 89.8 Å². The van der Waals surface area contributed by atoms with Crippen LogP contribution in [0.1, 0.15) is 27.6 Å². The summed E-state index contributed by atoms with van der Waals surface area (Å²) in [6, 6.07) is 9.27. The lowest BCUT2D eigenvalue weighted by Crippen LogP contribution is -2.13. The molecule has 0 radical (unpaired) electrons. The first kappa shape index (κ1) is 16.3. The average molecular weight is 322 g/mol. The van der Waals surface area contributed by atoms with Crippen LogP contribution in [0, 0.1) is 6.92 Å². The molecule has 0 heterocycles. The number of carbonyl (C=O) groups is 1. The van der Waals surface area contributed by atoms with Crippen LogP contribution in [-0.2, 0) is 0 Å². The van der Waals surface area contributed by atoms with Gasteiger partial charge in [0.05, 0.1) is 22.9 Å². The van der Waals surface area contributed by atoms with Gasteiger partial charge in [0.15, 0.2) is 0 Å². The highest BCUT2D eigenvalue weighted by Gasteiger charge is 2.14. The summed E-state index contributed by atoms with van der Waals surface area (Å²) in [5.41, 5.74) is 1.79. The number of halogens is 1. The van der Waals surface area contributed by atoms with Gasteiger partial charge in [-0.3, -0.25) is 4.79 Å². The van der Waals surface area contributed by atoms with Crippen molar-refractivity contribution in [3.8, 4) is 5.75 Å². The Kier molecular flexibility index (Phi) is 5.03. The molecule has 1 atom stereocenters. The molecule has 5 nitrogen and oxygen atoms in total. The molecule has 0 aliphatic carbocycles. The molecule has 0 saturated heterocycles. The second-order valence-corrected chi connectivity index (χ2v) is 5.32. The molecule has 0 aromatic heterocycles. The lowest BCUT2D eigenvalue weighted by atomic mass is 10.1. The molecule has 0 saturated carbocycles. The standard InChI is InChI=1S/C16H16ClNO4/c1-9-2-5-14(20)11(6-9)16(22)18-13-4-3-10(7-12(13)17)15(21)8-19/h2-7,15,19-21H,8H2,1H3,(H,18,22). The van der Waals surface area contributed by atoms with Crippen molar-refractivity contribution in [3.63, 3.8) is 0 Å². The maximum absolute atomic E-state index is 12.2. The van der Waals surface area contributed by atoms with Gasteiger partial charge in [0, 0.05) is 0 Å². The Balaban J connectivity index is 2.23. The van der Waals surface area contributed by atoms with Crippen LogP contribution in [-0.4, -0.2) is 27.8 Å². The van der Waals surface area contributed by atoms with Gasteiger partial charge in [-0.05, 0) is 36.8 Å². The number of benzene rings is 2. The van der Waals surface area contributed by atoms with Crippen molar-refractivity contribution in [1.29, 1.82) is 0 Å². The zero-order valence-electron chi connectivity index (χ0n) is 11.9. The number of phenols is 1. The highest BCUT2D eigenvalue weighted by molar-refractivity contribution is 6.34. The molecule has 2 aromatic carbocycles. The van der Waals surface area contributed by atoms with Crippen molar-refractivity contribution < 1.29 is 20.1 Å². The highest BCUT2D eigenvalue weighted by Crippen LogP contribution is 2.27.